The highest BCUT2D eigenvalue weighted by Gasteiger charge is 2.31. The summed E-state index contributed by atoms with van der Waals surface area (Å²) < 4.78 is 1.75. The second-order valence-corrected chi connectivity index (χ2v) is 6.60. The van der Waals surface area contributed by atoms with Gasteiger partial charge >= 0.3 is 0 Å². The maximum Gasteiger partial charge on any atom is 0.242 e. The van der Waals surface area contributed by atoms with Crippen LogP contribution in [0.1, 0.15) is 19.7 Å². The van der Waals surface area contributed by atoms with E-state index in [0.29, 0.717) is 13.1 Å². The number of halogens is 2. The van der Waals surface area contributed by atoms with Gasteiger partial charge in [-0.15, -0.1) is 24.8 Å². The number of carbonyl (C=O) groups excluding carboxylic acids is 1. The van der Waals surface area contributed by atoms with Gasteiger partial charge in [-0.05, 0) is 20.8 Å². The van der Waals surface area contributed by atoms with Gasteiger partial charge in [0.1, 0.15) is 11.6 Å². The Kier molecular flexibility index (Phi) is 6.61. The number of hydrogen-bond donors (Lipinski definition) is 1. The predicted molar refractivity (Wildman–Crippen MR) is 103 cm³/mol. The third-order valence-corrected chi connectivity index (χ3v) is 4.10. The van der Waals surface area contributed by atoms with Crippen molar-refractivity contribution in [1.29, 1.82) is 0 Å². The van der Waals surface area contributed by atoms with E-state index in [1.807, 2.05) is 18.9 Å². The average Bonchev–Trinajstić information content (AvgIpc) is 2.86. The summed E-state index contributed by atoms with van der Waals surface area (Å²) in [6, 6.07) is 0. The van der Waals surface area contributed by atoms with Crippen LogP contribution in [-0.2, 0) is 11.8 Å². The van der Waals surface area contributed by atoms with Gasteiger partial charge in [-0.2, -0.15) is 5.10 Å². The molecule has 2 N–H and O–H groups in total. The molecule has 3 heterocycles. The van der Waals surface area contributed by atoms with Crippen LogP contribution >= 0.6 is 24.8 Å². The van der Waals surface area contributed by atoms with E-state index in [9.17, 15) is 4.79 Å². The molecule has 1 fully saturated rings. The first-order chi connectivity index (χ1) is 10.8. The molecular formula is C15H25Cl2N7O. The topological polar surface area (TPSA) is 93.2 Å². The Hall–Kier alpha value is -1.64. The van der Waals surface area contributed by atoms with E-state index >= 15 is 0 Å². The van der Waals surface area contributed by atoms with Gasteiger partial charge in [0, 0.05) is 33.2 Å². The van der Waals surface area contributed by atoms with Crippen LogP contribution in [0.5, 0.6) is 0 Å². The van der Waals surface area contributed by atoms with E-state index in [0.717, 1.165) is 35.8 Å². The van der Waals surface area contributed by atoms with E-state index in [-0.39, 0.29) is 30.7 Å². The largest absolute Gasteiger partial charge is 0.352 e. The minimum Gasteiger partial charge on any atom is -0.352 e. The molecule has 2 aromatic heterocycles. The minimum atomic E-state index is -0.829. The lowest BCUT2D eigenvalue weighted by Crippen LogP contribution is -2.57. The molecule has 0 spiro atoms. The fraction of sp³-hybridized carbons (Fsp3) is 0.600. The molecule has 1 amide bonds. The fourth-order valence-electron chi connectivity index (χ4n) is 2.88. The third-order valence-electron chi connectivity index (χ3n) is 4.10. The Bertz CT molecular complexity index is 748. The summed E-state index contributed by atoms with van der Waals surface area (Å²) in [6.45, 7) is 8.11. The normalized spacial score (nSPS) is 14.9. The molecule has 0 unspecified atom stereocenters. The number of aryl methyl sites for hydroxylation is 2. The smallest absolute Gasteiger partial charge is 0.242 e. The van der Waals surface area contributed by atoms with Crippen molar-refractivity contribution >= 4 is 47.6 Å². The van der Waals surface area contributed by atoms with Crippen molar-refractivity contribution in [3.8, 4) is 0 Å². The number of nitrogens with zero attached hydrogens (tertiary/aromatic N) is 6. The lowest BCUT2D eigenvalue weighted by atomic mass is 10.0. The van der Waals surface area contributed by atoms with Crippen molar-refractivity contribution in [3.63, 3.8) is 0 Å². The standard InChI is InChI=1S/C15H23N7O.2ClH/c1-10-18-12-11(9-17-20(12)4)13(19-10)21-5-7-22(8-6-21)14(23)15(2,3)16;;/h9H,5-8,16H2,1-4H3;2*1H. The highest BCUT2D eigenvalue weighted by molar-refractivity contribution is 5.88. The van der Waals surface area contributed by atoms with Gasteiger partial charge in [-0.3, -0.25) is 9.48 Å². The molecule has 0 bridgehead atoms. The number of amides is 1. The summed E-state index contributed by atoms with van der Waals surface area (Å²) in [5, 5.41) is 5.22. The number of anilines is 1. The molecule has 1 saturated heterocycles. The Morgan fingerprint density at radius 3 is 2.32 bits per heavy atom. The monoisotopic (exact) mass is 389 g/mol. The third kappa shape index (κ3) is 4.13. The van der Waals surface area contributed by atoms with Crippen molar-refractivity contribution in [1.82, 2.24) is 24.6 Å². The van der Waals surface area contributed by atoms with Gasteiger partial charge in [-0.1, -0.05) is 0 Å². The van der Waals surface area contributed by atoms with Gasteiger partial charge in [0.2, 0.25) is 5.91 Å². The average molecular weight is 390 g/mol. The van der Waals surface area contributed by atoms with E-state index in [1.165, 1.54) is 0 Å². The van der Waals surface area contributed by atoms with Crippen molar-refractivity contribution in [3.05, 3.63) is 12.0 Å². The lowest BCUT2D eigenvalue weighted by molar-refractivity contribution is -0.136. The Morgan fingerprint density at radius 1 is 1.16 bits per heavy atom. The van der Waals surface area contributed by atoms with Crippen molar-refractivity contribution < 1.29 is 4.79 Å². The summed E-state index contributed by atoms with van der Waals surface area (Å²) >= 11 is 0. The number of piperazine rings is 1. The van der Waals surface area contributed by atoms with Gasteiger partial charge < -0.3 is 15.5 Å². The molecular weight excluding hydrogens is 365 g/mol. The molecule has 0 aliphatic carbocycles. The summed E-state index contributed by atoms with van der Waals surface area (Å²) in [5.74, 6) is 1.60. The molecule has 0 radical (unpaired) electrons. The number of hydrogen-bond acceptors (Lipinski definition) is 6. The van der Waals surface area contributed by atoms with E-state index in [2.05, 4.69) is 20.0 Å². The molecule has 1 aliphatic heterocycles. The van der Waals surface area contributed by atoms with E-state index in [4.69, 9.17) is 5.73 Å². The van der Waals surface area contributed by atoms with Crippen molar-refractivity contribution in [2.24, 2.45) is 12.8 Å². The molecule has 0 saturated carbocycles. The van der Waals surface area contributed by atoms with Crippen LogP contribution in [0.15, 0.2) is 6.20 Å². The number of nitrogens with two attached hydrogens (primary N) is 1. The lowest BCUT2D eigenvalue weighted by Gasteiger charge is -2.38. The Balaban J connectivity index is 0.00000156. The first kappa shape index (κ1) is 21.4. The van der Waals surface area contributed by atoms with Crippen LogP contribution in [0.3, 0.4) is 0 Å². The van der Waals surface area contributed by atoms with E-state index in [1.54, 1.807) is 24.7 Å². The fourth-order valence-corrected chi connectivity index (χ4v) is 2.88. The molecule has 3 rings (SSSR count). The van der Waals surface area contributed by atoms with Crippen molar-refractivity contribution in [2.75, 3.05) is 31.1 Å². The van der Waals surface area contributed by atoms with E-state index < -0.39 is 5.54 Å². The van der Waals surface area contributed by atoms with Crippen LogP contribution in [0.25, 0.3) is 11.0 Å². The molecule has 0 atom stereocenters. The maximum atomic E-state index is 12.3. The molecule has 2 aromatic rings. The van der Waals surface area contributed by atoms with Crippen LogP contribution in [-0.4, -0.2) is 62.3 Å². The second kappa shape index (κ2) is 7.72. The van der Waals surface area contributed by atoms with Crippen molar-refractivity contribution in [2.45, 2.75) is 26.3 Å². The quantitative estimate of drug-likeness (QED) is 0.819. The summed E-state index contributed by atoms with van der Waals surface area (Å²) in [6.07, 6.45) is 1.80. The highest BCUT2D eigenvalue weighted by atomic mass is 35.5. The molecule has 10 heteroatoms. The number of fused-ring (bicyclic) bond motifs is 1. The number of carbonyl (C=O) groups is 1. The zero-order valence-electron chi connectivity index (χ0n) is 14.9. The van der Waals surface area contributed by atoms with Gasteiger partial charge in [0.25, 0.3) is 0 Å². The highest BCUT2D eigenvalue weighted by Crippen LogP contribution is 2.24. The number of aromatic nitrogens is 4. The zero-order chi connectivity index (χ0) is 16.8. The molecule has 0 aromatic carbocycles. The van der Waals surface area contributed by atoms with Gasteiger partial charge in [0.15, 0.2) is 5.65 Å². The summed E-state index contributed by atoms with van der Waals surface area (Å²) in [7, 11) is 1.87. The van der Waals surface area contributed by atoms with Crippen LogP contribution < -0.4 is 10.6 Å². The van der Waals surface area contributed by atoms with Crippen LogP contribution in [0.2, 0.25) is 0 Å². The predicted octanol–water partition coefficient (Wildman–Crippen LogP) is 0.901. The summed E-state index contributed by atoms with van der Waals surface area (Å²) in [4.78, 5) is 25.3. The van der Waals surface area contributed by atoms with Gasteiger partial charge in [-0.25, -0.2) is 9.97 Å². The maximum absolute atomic E-state index is 12.3. The zero-order valence-corrected chi connectivity index (χ0v) is 16.5. The molecule has 140 valence electrons. The second-order valence-electron chi connectivity index (χ2n) is 6.60. The first-order valence-corrected chi connectivity index (χ1v) is 7.77. The van der Waals surface area contributed by atoms with Crippen LogP contribution in [0.4, 0.5) is 5.82 Å². The molecule has 8 nitrogen and oxygen atoms in total. The SMILES string of the molecule is Cc1nc(N2CCN(C(=O)C(C)(C)N)CC2)c2cnn(C)c2n1.Cl.Cl. The van der Waals surface area contributed by atoms with Crippen LogP contribution in [0, 0.1) is 6.92 Å². The summed E-state index contributed by atoms with van der Waals surface area (Å²) in [5.41, 5.74) is 5.91. The Morgan fingerprint density at radius 2 is 1.76 bits per heavy atom. The Labute approximate surface area is 159 Å². The molecule has 1 aliphatic rings. The minimum absolute atomic E-state index is 0. The molecule has 25 heavy (non-hydrogen) atoms. The first-order valence-electron chi connectivity index (χ1n) is 7.77. The number of rotatable bonds is 2. The van der Waals surface area contributed by atoms with Gasteiger partial charge in [0.05, 0.1) is 17.1 Å².